The molecule has 3 nitrogen and oxygen atoms in total. The first-order valence-electron chi connectivity index (χ1n) is 7.38. The molecule has 0 aliphatic carbocycles. The number of carbonyl (C=O) groups is 1. The van der Waals surface area contributed by atoms with Crippen LogP contribution in [0.25, 0.3) is 0 Å². The van der Waals surface area contributed by atoms with Crippen molar-refractivity contribution in [2.75, 3.05) is 0 Å². The summed E-state index contributed by atoms with van der Waals surface area (Å²) in [5.41, 5.74) is 3.04. The third kappa shape index (κ3) is 3.69. The summed E-state index contributed by atoms with van der Waals surface area (Å²) in [6.07, 6.45) is 5.39. The summed E-state index contributed by atoms with van der Waals surface area (Å²) >= 11 is 0. The van der Waals surface area contributed by atoms with Crippen molar-refractivity contribution in [2.24, 2.45) is 0 Å². The highest BCUT2D eigenvalue weighted by molar-refractivity contribution is 5.91. The van der Waals surface area contributed by atoms with Gasteiger partial charge < -0.3 is 4.74 Å². The molecule has 0 N–H and O–H groups in total. The first-order valence-corrected chi connectivity index (χ1v) is 7.38. The highest BCUT2D eigenvalue weighted by Crippen LogP contribution is 2.26. The fourth-order valence-electron chi connectivity index (χ4n) is 2.56. The fraction of sp³-hybridized carbons (Fsp3) is 0.333. The van der Waals surface area contributed by atoms with Gasteiger partial charge in [-0.2, -0.15) is 0 Å². The molecule has 1 aromatic carbocycles. The second-order valence-electron chi connectivity index (χ2n) is 5.16. The average Bonchev–Trinajstić information content (AvgIpc) is 2.51. The van der Waals surface area contributed by atoms with E-state index in [1.807, 2.05) is 18.2 Å². The van der Waals surface area contributed by atoms with E-state index in [9.17, 15) is 4.79 Å². The fourth-order valence-corrected chi connectivity index (χ4v) is 2.56. The first-order chi connectivity index (χ1) is 10.2. The minimum absolute atomic E-state index is 0.345. The predicted octanol–water partition coefficient (Wildman–Crippen LogP) is 4.51. The SMILES string of the molecule is CCC(CC)c1ccc(C(=O)Oc2cccnc2)cc1C. The molecule has 0 fully saturated rings. The number of aryl methyl sites for hydroxylation is 1. The van der Waals surface area contributed by atoms with Gasteiger partial charge in [-0.3, -0.25) is 4.98 Å². The number of esters is 1. The van der Waals surface area contributed by atoms with E-state index in [2.05, 4.69) is 25.8 Å². The highest BCUT2D eigenvalue weighted by Gasteiger charge is 2.14. The number of benzene rings is 1. The number of nitrogens with zero attached hydrogens (tertiary/aromatic N) is 1. The number of pyridine rings is 1. The molecule has 0 atom stereocenters. The predicted molar refractivity (Wildman–Crippen MR) is 83.7 cm³/mol. The van der Waals surface area contributed by atoms with Crippen LogP contribution in [0, 0.1) is 6.92 Å². The molecule has 0 radical (unpaired) electrons. The van der Waals surface area contributed by atoms with Crippen molar-refractivity contribution >= 4 is 5.97 Å². The van der Waals surface area contributed by atoms with E-state index in [1.54, 1.807) is 18.3 Å². The van der Waals surface area contributed by atoms with Gasteiger partial charge in [-0.05, 0) is 61.1 Å². The monoisotopic (exact) mass is 283 g/mol. The van der Waals surface area contributed by atoms with Crippen molar-refractivity contribution in [1.82, 2.24) is 4.98 Å². The van der Waals surface area contributed by atoms with Crippen LogP contribution < -0.4 is 4.74 Å². The molecule has 110 valence electrons. The molecular weight excluding hydrogens is 262 g/mol. The van der Waals surface area contributed by atoms with Gasteiger partial charge in [-0.1, -0.05) is 19.9 Å². The van der Waals surface area contributed by atoms with E-state index in [1.165, 1.54) is 11.8 Å². The minimum atomic E-state index is -0.345. The summed E-state index contributed by atoms with van der Waals surface area (Å²) in [6, 6.07) is 9.26. The third-order valence-electron chi connectivity index (χ3n) is 3.78. The van der Waals surface area contributed by atoms with Gasteiger partial charge in [0.2, 0.25) is 0 Å². The second kappa shape index (κ2) is 7.02. The van der Waals surface area contributed by atoms with Crippen molar-refractivity contribution in [3.8, 4) is 5.75 Å². The molecule has 0 spiro atoms. The molecule has 0 saturated heterocycles. The Kier molecular flexibility index (Phi) is 5.09. The number of ether oxygens (including phenoxy) is 1. The molecule has 3 heteroatoms. The van der Waals surface area contributed by atoms with E-state index >= 15 is 0 Å². The van der Waals surface area contributed by atoms with E-state index < -0.39 is 0 Å². The normalized spacial score (nSPS) is 10.7. The number of aromatic nitrogens is 1. The maximum Gasteiger partial charge on any atom is 0.343 e. The Morgan fingerprint density at radius 2 is 2.00 bits per heavy atom. The van der Waals surface area contributed by atoms with Crippen LogP contribution in [-0.4, -0.2) is 11.0 Å². The van der Waals surface area contributed by atoms with Gasteiger partial charge in [0.1, 0.15) is 5.75 Å². The molecule has 0 unspecified atom stereocenters. The van der Waals surface area contributed by atoms with Gasteiger partial charge in [0, 0.05) is 6.20 Å². The van der Waals surface area contributed by atoms with Crippen molar-refractivity contribution in [3.63, 3.8) is 0 Å². The van der Waals surface area contributed by atoms with Gasteiger partial charge in [0.15, 0.2) is 0 Å². The smallest absolute Gasteiger partial charge is 0.343 e. The maximum atomic E-state index is 12.1. The summed E-state index contributed by atoms with van der Waals surface area (Å²) in [5, 5.41) is 0. The van der Waals surface area contributed by atoms with Crippen LogP contribution in [-0.2, 0) is 0 Å². The van der Waals surface area contributed by atoms with Crippen molar-refractivity contribution in [3.05, 3.63) is 59.4 Å². The Labute approximate surface area is 126 Å². The molecule has 0 aliphatic rings. The second-order valence-corrected chi connectivity index (χ2v) is 5.16. The molecule has 2 aromatic rings. The summed E-state index contributed by atoms with van der Waals surface area (Å²) in [5.74, 6) is 0.666. The standard InChI is InChI=1S/C18H21NO2/c1-4-14(5-2)17-9-8-15(11-13(17)3)18(20)21-16-7-6-10-19-12-16/h6-12,14H,4-5H2,1-3H3. The number of rotatable bonds is 5. The Bertz CT molecular complexity index is 604. The molecule has 1 heterocycles. The van der Waals surface area contributed by atoms with Crippen LogP contribution in [0.15, 0.2) is 42.7 Å². The summed E-state index contributed by atoms with van der Waals surface area (Å²) in [6.45, 7) is 6.44. The van der Waals surface area contributed by atoms with Crippen LogP contribution in [0.1, 0.15) is 54.1 Å². The maximum absolute atomic E-state index is 12.1. The topological polar surface area (TPSA) is 39.2 Å². The van der Waals surface area contributed by atoms with Gasteiger partial charge in [-0.25, -0.2) is 4.79 Å². The molecule has 2 rings (SSSR count). The van der Waals surface area contributed by atoms with Gasteiger partial charge >= 0.3 is 5.97 Å². The first kappa shape index (κ1) is 15.2. The summed E-state index contributed by atoms with van der Waals surface area (Å²) in [7, 11) is 0. The van der Waals surface area contributed by atoms with Gasteiger partial charge in [-0.15, -0.1) is 0 Å². The van der Waals surface area contributed by atoms with Crippen LogP contribution in [0.2, 0.25) is 0 Å². The van der Waals surface area contributed by atoms with Gasteiger partial charge in [0.25, 0.3) is 0 Å². The lowest BCUT2D eigenvalue weighted by atomic mass is 9.89. The largest absolute Gasteiger partial charge is 0.421 e. The van der Waals surface area contributed by atoms with Crippen molar-refractivity contribution in [2.45, 2.75) is 39.5 Å². The van der Waals surface area contributed by atoms with Crippen molar-refractivity contribution in [1.29, 1.82) is 0 Å². The molecule has 1 aromatic heterocycles. The number of hydrogen-bond acceptors (Lipinski definition) is 3. The highest BCUT2D eigenvalue weighted by atomic mass is 16.5. The van der Waals surface area contributed by atoms with Crippen LogP contribution in [0.5, 0.6) is 5.75 Å². The molecule has 0 bridgehead atoms. The van der Waals surface area contributed by atoms with Crippen molar-refractivity contribution < 1.29 is 9.53 Å². The molecular formula is C18H21NO2. The van der Waals surface area contributed by atoms with E-state index in [0.717, 1.165) is 18.4 Å². The molecule has 0 saturated carbocycles. The Hall–Kier alpha value is -2.16. The van der Waals surface area contributed by atoms with E-state index in [4.69, 9.17) is 4.74 Å². The zero-order valence-electron chi connectivity index (χ0n) is 12.8. The zero-order valence-corrected chi connectivity index (χ0v) is 12.8. The minimum Gasteiger partial charge on any atom is -0.421 e. The number of carbonyl (C=O) groups excluding carboxylic acids is 1. The zero-order chi connectivity index (χ0) is 15.2. The summed E-state index contributed by atoms with van der Waals surface area (Å²) < 4.78 is 5.31. The van der Waals surface area contributed by atoms with Crippen LogP contribution >= 0.6 is 0 Å². The van der Waals surface area contributed by atoms with Gasteiger partial charge in [0.05, 0.1) is 11.8 Å². The lowest BCUT2D eigenvalue weighted by Crippen LogP contribution is -2.10. The van der Waals surface area contributed by atoms with E-state index in [-0.39, 0.29) is 5.97 Å². The molecule has 0 aliphatic heterocycles. The Morgan fingerprint density at radius 1 is 1.24 bits per heavy atom. The Morgan fingerprint density at radius 3 is 2.57 bits per heavy atom. The van der Waals surface area contributed by atoms with Crippen LogP contribution in [0.4, 0.5) is 0 Å². The molecule has 21 heavy (non-hydrogen) atoms. The number of hydrogen-bond donors (Lipinski definition) is 0. The third-order valence-corrected chi connectivity index (χ3v) is 3.78. The lowest BCUT2D eigenvalue weighted by Gasteiger charge is -2.16. The Balaban J connectivity index is 2.18. The van der Waals surface area contributed by atoms with Crippen LogP contribution in [0.3, 0.4) is 0 Å². The lowest BCUT2D eigenvalue weighted by molar-refractivity contribution is 0.0734. The molecule has 0 amide bonds. The van der Waals surface area contributed by atoms with E-state index in [0.29, 0.717) is 17.2 Å². The summed E-state index contributed by atoms with van der Waals surface area (Å²) in [4.78, 5) is 16.1. The average molecular weight is 283 g/mol. The quantitative estimate of drug-likeness (QED) is 0.758.